The van der Waals surface area contributed by atoms with Crippen LogP contribution in [-0.4, -0.2) is 11.8 Å². The first-order chi connectivity index (χ1) is 14.9. The van der Waals surface area contributed by atoms with Gasteiger partial charge in [-0.3, -0.25) is 9.59 Å². The molecule has 0 unspecified atom stereocenters. The van der Waals surface area contributed by atoms with E-state index in [0.717, 1.165) is 5.56 Å². The summed E-state index contributed by atoms with van der Waals surface area (Å²) in [6.07, 6.45) is 0. The highest BCUT2D eigenvalue weighted by Crippen LogP contribution is 2.35. The molecular weight excluding hydrogens is 391 g/mol. The molecule has 1 heterocycles. The van der Waals surface area contributed by atoms with E-state index < -0.39 is 17.6 Å². The topological polar surface area (TPSA) is 49.4 Å². The van der Waals surface area contributed by atoms with Gasteiger partial charge in [0, 0.05) is 5.69 Å². The molecule has 3 aromatic rings. The molecule has 1 aliphatic rings. The minimum atomic E-state index is -0.438. The molecule has 0 spiro atoms. The zero-order chi connectivity index (χ0) is 22.1. The summed E-state index contributed by atoms with van der Waals surface area (Å²) in [6.45, 7) is 6.07. The van der Waals surface area contributed by atoms with E-state index in [1.54, 1.807) is 12.1 Å². The van der Waals surface area contributed by atoms with Gasteiger partial charge in [-0.1, -0.05) is 56.3 Å². The molecular formula is C26H23FN2O2. The van der Waals surface area contributed by atoms with Crippen molar-refractivity contribution in [3.8, 4) is 0 Å². The molecule has 0 saturated carbocycles. The van der Waals surface area contributed by atoms with E-state index in [-0.39, 0.29) is 11.3 Å². The molecule has 2 amide bonds. The number of rotatable bonds is 5. The Bertz CT molecular complexity index is 1180. The van der Waals surface area contributed by atoms with Gasteiger partial charge in [-0.25, -0.2) is 9.29 Å². The Morgan fingerprint density at radius 2 is 1.48 bits per heavy atom. The van der Waals surface area contributed by atoms with Crippen molar-refractivity contribution in [3.63, 3.8) is 0 Å². The van der Waals surface area contributed by atoms with Crippen LogP contribution in [0.15, 0.2) is 78.5 Å². The van der Waals surface area contributed by atoms with Crippen LogP contribution in [0.1, 0.15) is 36.5 Å². The number of halogens is 1. The smallest absolute Gasteiger partial charge is 0.282 e. The Labute approximate surface area is 181 Å². The normalized spacial score (nSPS) is 14.0. The molecule has 0 radical (unpaired) electrons. The van der Waals surface area contributed by atoms with Crippen LogP contribution < -0.4 is 10.2 Å². The molecule has 0 saturated heterocycles. The molecule has 0 bridgehead atoms. The van der Waals surface area contributed by atoms with Crippen LogP contribution in [0.4, 0.5) is 15.8 Å². The van der Waals surface area contributed by atoms with Crippen LogP contribution in [0.2, 0.25) is 0 Å². The first-order valence-electron chi connectivity index (χ1n) is 10.2. The number of hydrogen-bond acceptors (Lipinski definition) is 3. The first-order valence-corrected chi connectivity index (χ1v) is 10.2. The summed E-state index contributed by atoms with van der Waals surface area (Å²) < 4.78 is 13.5. The van der Waals surface area contributed by atoms with Gasteiger partial charge in [0.05, 0.1) is 11.3 Å². The largest absolute Gasteiger partial charge is 0.350 e. The molecule has 0 aromatic heterocycles. The van der Waals surface area contributed by atoms with Gasteiger partial charge >= 0.3 is 0 Å². The average molecular weight is 414 g/mol. The maximum Gasteiger partial charge on any atom is 0.282 e. The van der Waals surface area contributed by atoms with Gasteiger partial charge in [0.1, 0.15) is 11.5 Å². The number of carbonyl (C=O) groups excluding carboxylic acids is 2. The number of nitrogens with one attached hydrogen (secondary N) is 1. The summed E-state index contributed by atoms with van der Waals surface area (Å²) in [7, 11) is 0. The zero-order valence-corrected chi connectivity index (χ0v) is 17.6. The Hall–Kier alpha value is -3.73. The zero-order valence-electron chi connectivity index (χ0n) is 17.6. The number of para-hydroxylation sites is 1. The summed E-state index contributed by atoms with van der Waals surface area (Å²) in [5, 5.41) is 3.14. The van der Waals surface area contributed by atoms with E-state index >= 15 is 0 Å². The molecule has 156 valence electrons. The fraction of sp³-hybridized carbons (Fsp3) is 0.154. The average Bonchev–Trinajstić information content (AvgIpc) is 2.99. The van der Waals surface area contributed by atoms with Crippen LogP contribution in [0, 0.1) is 12.7 Å². The van der Waals surface area contributed by atoms with Crippen molar-refractivity contribution >= 4 is 28.8 Å². The quantitative estimate of drug-likeness (QED) is 0.549. The van der Waals surface area contributed by atoms with E-state index in [9.17, 15) is 14.0 Å². The number of aryl methyl sites for hydroxylation is 1. The minimum absolute atomic E-state index is 0.178. The summed E-state index contributed by atoms with van der Waals surface area (Å²) in [6, 6.07) is 20.6. The molecule has 0 aliphatic carbocycles. The molecule has 4 nitrogen and oxygen atoms in total. The van der Waals surface area contributed by atoms with Gasteiger partial charge in [0.25, 0.3) is 11.8 Å². The number of amides is 2. The van der Waals surface area contributed by atoms with E-state index in [2.05, 4.69) is 19.2 Å². The van der Waals surface area contributed by atoms with Crippen molar-refractivity contribution < 1.29 is 14.0 Å². The van der Waals surface area contributed by atoms with Crippen molar-refractivity contribution in [2.45, 2.75) is 26.7 Å². The second-order valence-corrected chi connectivity index (χ2v) is 7.89. The van der Waals surface area contributed by atoms with Crippen LogP contribution >= 0.6 is 0 Å². The SMILES string of the molecule is Cc1ccccc1N1C(=O)C(Nc2ccc(C(C)C)cc2)=C(c2ccc(F)cc2)C1=O. The predicted octanol–water partition coefficient (Wildman–Crippen LogP) is 5.65. The van der Waals surface area contributed by atoms with Crippen LogP contribution in [0.3, 0.4) is 0 Å². The lowest BCUT2D eigenvalue weighted by molar-refractivity contribution is -0.120. The second kappa shape index (κ2) is 8.19. The number of nitrogens with zero attached hydrogens (tertiary/aromatic N) is 1. The maximum atomic E-state index is 13.5. The molecule has 31 heavy (non-hydrogen) atoms. The van der Waals surface area contributed by atoms with Gasteiger partial charge in [0.2, 0.25) is 0 Å². The van der Waals surface area contributed by atoms with E-state index in [4.69, 9.17) is 0 Å². The van der Waals surface area contributed by atoms with E-state index in [0.29, 0.717) is 22.9 Å². The predicted molar refractivity (Wildman–Crippen MR) is 121 cm³/mol. The lowest BCUT2D eigenvalue weighted by Gasteiger charge is -2.17. The van der Waals surface area contributed by atoms with E-state index in [1.807, 2.05) is 43.3 Å². The standard InChI is InChI=1S/C26H23FN2O2/c1-16(2)18-10-14-21(15-11-18)28-24-23(19-8-12-20(27)13-9-19)25(30)29(26(24)31)22-7-5-4-6-17(22)3/h4-16,28H,1-3H3. The highest BCUT2D eigenvalue weighted by molar-refractivity contribution is 6.46. The summed E-state index contributed by atoms with van der Waals surface area (Å²) >= 11 is 0. The second-order valence-electron chi connectivity index (χ2n) is 7.89. The molecule has 0 fully saturated rings. The number of imide groups is 1. The van der Waals surface area contributed by atoms with E-state index in [1.165, 1.54) is 34.7 Å². The van der Waals surface area contributed by atoms with Gasteiger partial charge < -0.3 is 5.32 Å². The van der Waals surface area contributed by atoms with Gasteiger partial charge in [-0.05, 0) is 59.9 Å². The summed E-state index contributed by atoms with van der Waals surface area (Å²) in [5.74, 6) is -0.899. The highest BCUT2D eigenvalue weighted by atomic mass is 19.1. The fourth-order valence-corrected chi connectivity index (χ4v) is 3.66. The first kappa shape index (κ1) is 20.5. The third kappa shape index (κ3) is 3.87. The number of carbonyl (C=O) groups is 2. The summed E-state index contributed by atoms with van der Waals surface area (Å²) in [5.41, 5.74) is 4.10. The van der Waals surface area contributed by atoms with Crippen LogP contribution in [-0.2, 0) is 9.59 Å². The van der Waals surface area contributed by atoms with Crippen molar-refractivity contribution in [2.24, 2.45) is 0 Å². The molecule has 1 aliphatic heterocycles. The molecule has 5 heteroatoms. The third-order valence-electron chi connectivity index (χ3n) is 5.42. The monoisotopic (exact) mass is 414 g/mol. The van der Waals surface area contributed by atoms with Crippen molar-refractivity contribution in [2.75, 3.05) is 10.2 Å². The van der Waals surface area contributed by atoms with Crippen molar-refractivity contribution in [3.05, 3.63) is 101 Å². The Morgan fingerprint density at radius 3 is 2.10 bits per heavy atom. The lowest BCUT2D eigenvalue weighted by atomic mass is 10.0. The fourth-order valence-electron chi connectivity index (χ4n) is 3.66. The summed E-state index contributed by atoms with van der Waals surface area (Å²) in [4.78, 5) is 28.0. The Balaban J connectivity index is 1.79. The van der Waals surface area contributed by atoms with Crippen molar-refractivity contribution in [1.29, 1.82) is 0 Å². The van der Waals surface area contributed by atoms with Gasteiger partial charge in [-0.15, -0.1) is 0 Å². The molecule has 1 N–H and O–H groups in total. The minimum Gasteiger partial charge on any atom is -0.350 e. The molecule has 4 rings (SSSR count). The maximum absolute atomic E-state index is 13.5. The molecule has 3 aromatic carbocycles. The number of benzene rings is 3. The third-order valence-corrected chi connectivity index (χ3v) is 5.42. The van der Waals surface area contributed by atoms with Gasteiger partial charge in [-0.2, -0.15) is 0 Å². The van der Waals surface area contributed by atoms with Gasteiger partial charge in [0.15, 0.2) is 0 Å². The Morgan fingerprint density at radius 1 is 0.839 bits per heavy atom. The molecule has 0 atom stereocenters. The Kier molecular flexibility index (Phi) is 5.42. The lowest BCUT2D eigenvalue weighted by Crippen LogP contribution is -2.33. The number of hydrogen-bond donors (Lipinski definition) is 1. The highest BCUT2D eigenvalue weighted by Gasteiger charge is 2.40. The number of anilines is 2. The van der Waals surface area contributed by atoms with Crippen molar-refractivity contribution in [1.82, 2.24) is 0 Å². The van der Waals surface area contributed by atoms with Crippen LogP contribution in [0.25, 0.3) is 5.57 Å². The van der Waals surface area contributed by atoms with Crippen LogP contribution in [0.5, 0.6) is 0 Å².